The molecule has 3 rings (SSSR count). The highest BCUT2D eigenvalue weighted by Gasteiger charge is 2.23. The molecule has 1 aliphatic heterocycles. The van der Waals surface area contributed by atoms with E-state index in [0.29, 0.717) is 24.8 Å². The largest absolute Gasteiger partial charge is 0.493 e. The fraction of sp³-hybridized carbons (Fsp3) is 0.565. The Morgan fingerprint density at radius 1 is 1.29 bits per heavy atom. The van der Waals surface area contributed by atoms with Crippen LogP contribution in [0, 0.1) is 5.92 Å². The molecule has 0 radical (unpaired) electrons. The molecule has 2 amide bonds. The van der Waals surface area contributed by atoms with Crippen LogP contribution >= 0.6 is 0 Å². The fourth-order valence-corrected chi connectivity index (χ4v) is 3.47. The summed E-state index contributed by atoms with van der Waals surface area (Å²) >= 11 is 0. The number of nitrogens with zero attached hydrogens (tertiary/aromatic N) is 3. The van der Waals surface area contributed by atoms with E-state index in [2.05, 4.69) is 36.1 Å². The van der Waals surface area contributed by atoms with E-state index < -0.39 is 6.67 Å². The first kappa shape index (κ1) is 23.1. The Kier molecular flexibility index (Phi) is 8.28. The van der Waals surface area contributed by atoms with Crippen molar-refractivity contribution in [3.8, 4) is 5.75 Å². The van der Waals surface area contributed by atoms with E-state index in [9.17, 15) is 9.18 Å². The Hall–Kier alpha value is -2.61. The molecule has 0 aliphatic carbocycles. The lowest BCUT2D eigenvalue weighted by Gasteiger charge is -2.31. The summed E-state index contributed by atoms with van der Waals surface area (Å²) in [6.45, 7) is 6.68. The number of rotatable bonds is 9. The maximum Gasteiger partial charge on any atom is 0.318 e. The normalized spacial score (nSPS) is 15.3. The number of piperidine rings is 1. The third-order valence-corrected chi connectivity index (χ3v) is 5.28. The zero-order chi connectivity index (χ0) is 22.2. The molecule has 1 aromatic carbocycles. The number of carbonyl (C=O) groups is 1. The van der Waals surface area contributed by atoms with Crippen LogP contribution in [0.4, 0.5) is 9.18 Å². The molecule has 1 saturated heterocycles. The summed E-state index contributed by atoms with van der Waals surface area (Å²) in [5.41, 5.74) is 1.51. The zero-order valence-electron chi connectivity index (χ0n) is 18.6. The van der Waals surface area contributed by atoms with E-state index in [1.54, 1.807) is 4.90 Å². The summed E-state index contributed by atoms with van der Waals surface area (Å²) in [7, 11) is 2.09. The van der Waals surface area contributed by atoms with Gasteiger partial charge in [0.2, 0.25) is 5.89 Å². The number of alkyl halides is 1. The van der Waals surface area contributed by atoms with Gasteiger partial charge in [-0.3, -0.25) is 0 Å². The monoisotopic (exact) mass is 432 g/mol. The van der Waals surface area contributed by atoms with Gasteiger partial charge in [-0.25, -0.2) is 14.2 Å². The highest BCUT2D eigenvalue weighted by molar-refractivity contribution is 5.74. The molecular formula is C23H33FN4O3. The molecule has 1 fully saturated rings. The van der Waals surface area contributed by atoms with Gasteiger partial charge in [0.15, 0.2) is 6.67 Å². The predicted octanol–water partition coefficient (Wildman–Crippen LogP) is 3.98. The molecule has 1 N–H and O–H groups in total. The summed E-state index contributed by atoms with van der Waals surface area (Å²) in [5.74, 6) is 1.29. The van der Waals surface area contributed by atoms with Crippen LogP contribution in [0.15, 0.2) is 34.9 Å². The predicted molar refractivity (Wildman–Crippen MR) is 116 cm³/mol. The average molecular weight is 433 g/mol. The number of benzene rings is 1. The van der Waals surface area contributed by atoms with Gasteiger partial charge in [-0.15, -0.1) is 0 Å². The van der Waals surface area contributed by atoms with Gasteiger partial charge in [0.1, 0.15) is 12.0 Å². The van der Waals surface area contributed by atoms with E-state index >= 15 is 0 Å². The Labute approximate surface area is 183 Å². The molecular weight excluding hydrogens is 399 g/mol. The van der Waals surface area contributed by atoms with Crippen LogP contribution in [-0.2, 0) is 19.8 Å². The third kappa shape index (κ3) is 7.24. The number of oxazole rings is 1. The van der Waals surface area contributed by atoms with E-state index in [-0.39, 0.29) is 24.5 Å². The van der Waals surface area contributed by atoms with Gasteiger partial charge in [0, 0.05) is 12.6 Å². The first-order chi connectivity index (χ1) is 14.9. The van der Waals surface area contributed by atoms with Gasteiger partial charge in [-0.2, -0.15) is 0 Å². The molecule has 0 atom stereocenters. The molecule has 2 heterocycles. The first-order valence-corrected chi connectivity index (χ1v) is 10.9. The second-order valence-electron chi connectivity index (χ2n) is 8.60. The number of urea groups is 1. The molecule has 0 unspecified atom stereocenters. The lowest BCUT2D eigenvalue weighted by Crippen LogP contribution is -2.48. The minimum Gasteiger partial charge on any atom is -0.493 e. The summed E-state index contributed by atoms with van der Waals surface area (Å²) in [4.78, 5) is 21.1. The van der Waals surface area contributed by atoms with Crippen molar-refractivity contribution in [2.45, 2.75) is 52.5 Å². The van der Waals surface area contributed by atoms with Gasteiger partial charge in [-0.05, 0) is 56.6 Å². The quantitative estimate of drug-likeness (QED) is 0.649. The Morgan fingerprint density at radius 3 is 2.61 bits per heavy atom. The maximum absolute atomic E-state index is 13.1. The molecule has 7 nitrogen and oxygen atoms in total. The van der Waals surface area contributed by atoms with Crippen molar-refractivity contribution in [3.05, 3.63) is 47.7 Å². The van der Waals surface area contributed by atoms with Crippen molar-refractivity contribution in [1.82, 2.24) is 20.1 Å². The van der Waals surface area contributed by atoms with E-state index in [4.69, 9.17) is 9.15 Å². The van der Waals surface area contributed by atoms with E-state index in [1.807, 2.05) is 24.3 Å². The molecule has 31 heavy (non-hydrogen) atoms. The lowest BCUT2D eigenvalue weighted by molar-refractivity contribution is 0.175. The SMILES string of the molecule is CC(C)COc1ccc(CN(Cc2coc(CF)n2)C(=O)NC2CCN(C)CC2)cc1. The van der Waals surface area contributed by atoms with Crippen molar-refractivity contribution < 1.29 is 18.3 Å². The number of amides is 2. The van der Waals surface area contributed by atoms with Gasteiger partial charge in [-0.1, -0.05) is 26.0 Å². The van der Waals surface area contributed by atoms with Crippen LogP contribution in [0.3, 0.4) is 0 Å². The number of halogens is 1. The van der Waals surface area contributed by atoms with Crippen molar-refractivity contribution in [3.63, 3.8) is 0 Å². The Bertz CT molecular complexity index is 816. The van der Waals surface area contributed by atoms with E-state index in [1.165, 1.54) is 6.26 Å². The van der Waals surface area contributed by atoms with Crippen molar-refractivity contribution in [2.75, 3.05) is 26.7 Å². The Balaban J connectivity index is 1.66. The van der Waals surface area contributed by atoms with Crippen LogP contribution in [-0.4, -0.2) is 53.6 Å². The standard InChI is InChI=1S/C23H33FN4O3/c1-17(2)15-30-21-6-4-18(5-7-21)13-28(14-20-16-31-22(12-24)25-20)23(29)26-19-8-10-27(3)11-9-19/h4-7,16-17,19H,8-15H2,1-3H3,(H,26,29). The number of carbonyl (C=O) groups excluding carboxylic acids is 1. The van der Waals surface area contributed by atoms with Crippen molar-refractivity contribution in [2.24, 2.45) is 5.92 Å². The van der Waals surface area contributed by atoms with Gasteiger partial charge in [0.25, 0.3) is 0 Å². The maximum atomic E-state index is 13.1. The fourth-order valence-electron chi connectivity index (χ4n) is 3.47. The number of ether oxygens (including phenoxy) is 1. The highest BCUT2D eigenvalue weighted by atomic mass is 19.1. The molecule has 170 valence electrons. The molecule has 2 aromatic rings. The zero-order valence-corrected chi connectivity index (χ0v) is 18.6. The molecule has 8 heteroatoms. The van der Waals surface area contributed by atoms with Gasteiger partial charge < -0.3 is 24.3 Å². The number of likely N-dealkylation sites (tertiary alicyclic amines) is 1. The van der Waals surface area contributed by atoms with Crippen LogP contribution in [0.2, 0.25) is 0 Å². The minimum atomic E-state index is -0.764. The van der Waals surface area contributed by atoms with Crippen molar-refractivity contribution >= 4 is 6.03 Å². The molecule has 0 spiro atoms. The number of aromatic nitrogens is 1. The summed E-state index contributed by atoms with van der Waals surface area (Å²) in [5, 5.41) is 3.15. The average Bonchev–Trinajstić information content (AvgIpc) is 3.22. The minimum absolute atomic E-state index is 0.0253. The molecule has 0 saturated carbocycles. The topological polar surface area (TPSA) is 70.8 Å². The van der Waals surface area contributed by atoms with Crippen LogP contribution in [0.1, 0.15) is 43.8 Å². The summed E-state index contributed by atoms with van der Waals surface area (Å²) in [6.07, 6.45) is 3.26. The van der Waals surface area contributed by atoms with Crippen LogP contribution in [0.5, 0.6) is 5.75 Å². The Morgan fingerprint density at radius 2 is 2.00 bits per heavy atom. The number of hydrogen-bond acceptors (Lipinski definition) is 5. The number of hydrogen-bond donors (Lipinski definition) is 1. The molecule has 1 aliphatic rings. The van der Waals surface area contributed by atoms with Gasteiger partial charge >= 0.3 is 6.03 Å². The molecule has 1 aromatic heterocycles. The number of nitrogens with one attached hydrogen (secondary N) is 1. The van der Waals surface area contributed by atoms with Crippen LogP contribution < -0.4 is 10.1 Å². The van der Waals surface area contributed by atoms with Gasteiger partial charge in [0.05, 0.1) is 18.8 Å². The van der Waals surface area contributed by atoms with E-state index in [0.717, 1.165) is 37.2 Å². The summed E-state index contributed by atoms with van der Waals surface area (Å²) in [6, 6.07) is 7.75. The second-order valence-corrected chi connectivity index (χ2v) is 8.60. The van der Waals surface area contributed by atoms with Crippen LogP contribution in [0.25, 0.3) is 0 Å². The highest BCUT2D eigenvalue weighted by Crippen LogP contribution is 2.17. The second kappa shape index (κ2) is 11.1. The van der Waals surface area contributed by atoms with Crippen molar-refractivity contribution in [1.29, 1.82) is 0 Å². The molecule has 0 bridgehead atoms. The first-order valence-electron chi connectivity index (χ1n) is 10.9. The lowest BCUT2D eigenvalue weighted by atomic mass is 10.1. The summed E-state index contributed by atoms with van der Waals surface area (Å²) < 4.78 is 23.6. The smallest absolute Gasteiger partial charge is 0.318 e. The third-order valence-electron chi connectivity index (χ3n) is 5.28.